The van der Waals surface area contributed by atoms with Gasteiger partial charge in [-0.1, -0.05) is 11.6 Å². The molecule has 1 fully saturated rings. The zero-order valence-corrected chi connectivity index (χ0v) is 14.0. The summed E-state index contributed by atoms with van der Waals surface area (Å²) >= 11 is 0. The quantitative estimate of drug-likeness (QED) is 0.467. The zero-order chi connectivity index (χ0) is 16.4. The van der Waals surface area contributed by atoms with Crippen molar-refractivity contribution in [2.45, 2.75) is 53.6 Å². The van der Waals surface area contributed by atoms with Gasteiger partial charge in [0.15, 0.2) is 6.10 Å². The highest BCUT2D eigenvalue weighted by Crippen LogP contribution is 2.35. The lowest BCUT2D eigenvalue weighted by molar-refractivity contribution is -0.140. The molecule has 22 heavy (non-hydrogen) atoms. The molecule has 0 bridgehead atoms. The van der Waals surface area contributed by atoms with E-state index in [2.05, 4.69) is 0 Å². The fourth-order valence-electron chi connectivity index (χ4n) is 2.55. The molecule has 3 heteroatoms. The highest BCUT2D eigenvalue weighted by Gasteiger charge is 2.25. The Kier molecular flexibility index (Phi) is 4.84. The number of ketones is 1. The van der Waals surface area contributed by atoms with Gasteiger partial charge in [-0.3, -0.25) is 4.79 Å². The summed E-state index contributed by atoms with van der Waals surface area (Å²) in [6.07, 6.45) is 3.04. The van der Waals surface area contributed by atoms with Gasteiger partial charge in [0.2, 0.25) is 5.78 Å². The molecular weight excluding hydrogens is 276 g/mol. The zero-order valence-electron chi connectivity index (χ0n) is 14.0. The van der Waals surface area contributed by atoms with E-state index in [9.17, 15) is 9.59 Å². The summed E-state index contributed by atoms with van der Waals surface area (Å²) in [4.78, 5) is 24.4. The van der Waals surface area contributed by atoms with Crippen LogP contribution in [0.4, 0.5) is 0 Å². The number of hydrogen-bond donors (Lipinski definition) is 0. The van der Waals surface area contributed by atoms with Gasteiger partial charge in [0.1, 0.15) is 0 Å². The molecule has 118 valence electrons. The molecule has 0 saturated heterocycles. The fraction of sp³-hybridized carbons (Fsp3) is 0.474. The molecule has 1 atom stereocenters. The summed E-state index contributed by atoms with van der Waals surface area (Å²) in [7, 11) is 0. The van der Waals surface area contributed by atoms with Crippen LogP contribution in [-0.2, 0) is 9.53 Å². The number of aryl methyl sites for hydroxylation is 3. The van der Waals surface area contributed by atoms with E-state index in [1.165, 1.54) is 6.08 Å². The third-order valence-electron chi connectivity index (χ3n) is 4.34. The Morgan fingerprint density at radius 2 is 1.73 bits per heavy atom. The Morgan fingerprint density at radius 1 is 1.14 bits per heavy atom. The number of allylic oxidation sites excluding steroid dienone is 1. The normalized spacial score (nSPS) is 16.3. The van der Waals surface area contributed by atoms with Crippen LogP contribution in [0.5, 0.6) is 0 Å². The SMILES string of the molecule is C/C(=C\C(=O)OC(C)C(=O)c1cc(C)c(C)cc1C)C1CC1. The van der Waals surface area contributed by atoms with Crippen LogP contribution in [0.25, 0.3) is 0 Å². The molecular formula is C19H24O3. The lowest BCUT2D eigenvalue weighted by Gasteiger charge is -2.14. The maximum Gasteiger partial charge on any atom is 0.331 e. The molecule has 0 amide bonds. The molecule has 0 aromatic heterocycles. The Bertz CT molecular complexity index is 636. The molecule has 2 rings (SSSR count). The van der Waals surface area contributed by atoms with Gasteiger partial charge >= 0.3 is 5.97 Å². The summed E-state index contributed by atoms with van der Waals surface area (Å²) in [6, 6.07) is 3.87. The minimum Gasteiger partial charge on any atom is -0.451 e. The lowest BCUT2D eigenvalue weighted by Crippen LogP contribution is -2.24. The van der Waals surface area contributed by atoms with Crippen LogP contribution in [0.2, 0.25) is 0 Å². The van der Waals surface area contributed by atoms with Gasteiger partial charge in [0, 0.05) is 11.6 Å². The van der Waals surface area contributed by atoms with Crippen molar-refractivity contribution in [1.82, 2.24) is 0 Å². The number of carbonyl (C=O) groups is 2. The molecule has 1 aromatic carbocycles. The lowest BCUT2D eigenvalue weighted by atomic mass is 9.96. The summed E-state index contributed by atoms with van der Waals surface area (Å²) in [5.41, 5.74) is 4.82. The Labute approximate surface area is 132 Å². The first-order valence-corrected chi connectivity index (χ1v) is 7.80. The highest BCUT2D eigenvalue weighted by molar-refractivity contribution is 6.02. The largest absolute Gasteiger partial charge is 0.451 e. The molecule has 0 heterocycles. The van der Waals surface area contributed by atoms with E-state index in [-0.39, 0.29) is 5.78 Å². The maximum absolute atomic E-state index is 12.5. The van der Waals surface area contributed by atoms with Crippen molar-refractivity contribution in [1.29, 1.82) is 0 Å². The average Bonchev–Trinajstić information content (AvgIpc) is 3.26. The van der Waals surface area contributed by atoms with E-state index >= 15 is 0 Å². The van der Waals surface area contributed by atoms with Crippen molar-refractivity contribution in [3.63, 3.8) is 0 Å². The first-order valence-electron chi connectivity index (χ1n) is 7.80. The number of benzene rings is 1. The summed E-state index contributed by atoms with van der Waals surface area (Å²) < 4.78 is 5.28. The molecule has 1 aliphatic rings. The van der Waals surface area contributed by atoms with Crippen LogP contribution in [0.3, 0.4) is 0 Å². The van der Waals surface area contributed by atoms with Gasteiger partial charge in [0.25, 0.3) is 0 Å². The third kappa shape index (κ3) is 3.85. The van der Waals surface area contributed by atoms with Crippen LogP contribution in [0.1, 0.15) is 53.7 Å². The van der Waals surface area contributed by atoms with Gasteiger partial charge in [-0.15, -0.1) is 0 Å². The minimum absolute atomic E-state index is 0.147. The summed E-state index contributed by atoms with van der Waals surface area (Å²) in [5.74, 6) is -0.0429. The van der Waals surface area contributed by atoms with E-state index < -0.39 is 12.1 Å². The van der Waals surface area contributed by atoms with Gasteiger partial charge in [-0.05, 0) is 76.1 Å². The predicted molar refractivity (Wildman–Crippen MR) is 87.0 cm³/mol. The van der Waals surface area contributed by atoms with Crippen LogP contribution in [-0.4, -0.2) is 17.9 Å². The van der Waals surface area contributed by atoms with Gasteiger partial charge in [-0.25, -0.2) is 4.79 Å². The molecule has 1 saturated carbocycles. The molecule has 0 radical (unpaired) electrons. The molecule has 1 unspecified atom stereocenters. The topological polar surface area (TPSA) is 43.4 Å². The average molecular weight is 300 g/mol. The van der Waals surface area contributed by atoms with Crippen molar-refractivity contribution < 1.29 is 14.3 Å². The Morgan fingerprint density at radius 3 is 2.32 bits per heavy atom. The summed E-state index contributed by atoms with van der Waals surface area (Å²) in [5, 5.41) is 0. The Hall–Kier alpha value is -1.90. The second kappa shape index (κ2) is 6.47. The maximum atomic E-state index is 12.5. The van der Waals surface area contributed by atoms with E-state index in [1.807, 2.05) is 39.8 Å². The van der Waals surface area contributed by atoms with Crippen molar-refractivity contribution >= 4 is 11.8 Å². The standard InChI is InChI=1S/C19H24O3/c1-11-8-14(4)17(9-12(11)2)19(21)15(5)22-18(20)10-13(3)16-6-7-16/h8-10,15-16H,6-7H2,1-5H3/b13-10+. The minimum atomic E-state index is -0.767. The monoisotopic (exact) mass is 300 g/mol. The van der Waals surface area contributed by atoms with E-state index in [0.717, 1.165) is 35.1 Å². The van der Waals surface area contributed by atoms with Gasteiger partial charge < -0.3 is 4.74 Å². The number of esters is 1. The van der Waals surface area contributed by atoms with Gasteiger partial charge in [-0.2, -0.15) is 0 Å². The summed E-state index contributed by atoms with van der Waals surface area (Å²) in [6.45, 7) is 9.48. The smallest absolute Gasteiger partial charge is 0.331 e. The number of hydrogen-bond acceptors (Lipinski definition) is 3. The van der Waals surface area contributed by atoms with Gasteiger partial charge in [0.05, 0.1) is 0 Å². The fourth-order valence-corrected chi connectivity index (χ4v) is 2.55. The van der Waals surface area contributed by atoms with Crippen LogP contribution in [0.15, 0.2) is 23.8 Å². The number of rotatable bonds is 5. The van der Waals surface area contributed by atoms with E-state index in [1.54, 1.807) is 6.92 Å². The van der Waals surface area contributed by atoms with Crippen molar-refractivity contribution in [2.24, 2.45) is 5.92 Å². The molecule has 0 N–H and O–H groups in total. The highest BCUT2D eigenvalue weighted by atomic mass is 16.5. The van der Waals surface area contributed by atoms with Crippen molar-refractivity contribution in [3.05, 3.63) is 46.0 Å². The predicted octanol–water partition coefficient (Wildman–Crippen LogP) is 4.08. The number of Topliss-reactive ketones (excluding diaryl/α,β-unsaturated/α-hetero) is 1. The Balaban J connectivity index is 2.07. The molecule has 3 nitrogen and oxygen atoms in total. The van der Waals surface area contributed by atoms with E-state index in [4.69, 9.17) is 4.74 Å². The molecule has 0 spiro atoms. The van der Waals surface area contributed by atoms with Crippen LogP contribution >= 0.6 is 0 Å². The van der Waals surface area contributed by atoms with Crippen molar-refractivity contribution in [3.8, 4) is 0 Å². The van der Waals surface area contributed by atoms with E-state index in [0.29, 0.717) is 11.5 Å². The molecule has 1 aromatic rings. The third-order valence-corrected chi connectivity index (χ3v) is 4.34. The van der Waals surface area contributed by atoms with Crippen LogP contribution in [0, 0.1) is 26.7 Å². The van der Waals surface area contributed by atoms with Crippen molar-refractivity contribution in [2.75, 3.05) is 0 Å². The second-order valence-electron chi connectivity index (χ2n) is 6.36. The van der Waals surface area contributed by atoms with Crippen LogP contribution < -0.4 is 0 Å². The first-order chi connectivity index (χ1) is 10.3. The number of carbonyl (C=O) groups excluding carboxylic acids is 2. The number of ether oxygens (including phenoxy) is 1. The second-order valence-corrected chi connectivity index (χ2v) is 6.36. The molecule has 1 aliphatic carbocycles. The first kappa shape index (κ1) is 16.5. The molecule has 0 aliphatic heterocycles.